The van der Waals surface area contributed by atoms with Crippen LogP contribution >= 0.6 is 0 Å². The summed E-state index contributed by atoms with van der Waals surface area (Å²) in [5.41, 5.74) is 3.88. The fourth-order valence-corrected chi connectivity index (χ4v) is 1.75. The van der Waals surface area contributed by atoms with Crippen LogP contribution in [-0.2, 0) is 11.3 Å². The smallest absolute Gasteiger partial charge is 0.221 e. The van der Waals surface area contributed by atoms with Crippen LogP contribution in [0.1, 0.15) is 30.0 Å². The van der Waals surface area contributed by atoms with E-state index in [1.807, 2.05) is 6.92 Å². The normalized spacial score (nSPS) is 10.3. The van der Waals surface area contributed by atoms with Gasteiger partial charge in [-0.15, -0.1) is 0 Å². The highest BCUT2D eigenvalue weighted by atomic mass is 16.1. The molecule has 3 nitrogen and oxygen atoms in total. The highest BCUT2D eigenvalue weighted by molar-refractivity contribution is 5.75. The van der Waals surface area contributed by atoms with Gasteiger partial charge in [0.2, 0.25) is 5.91 Å². The van der Waals surface area contributed by atoms with Gasteiger partial charge < -0.3 is 10.6 Å². The van der Waals surface area contributed by atoms with Crippen molar-refractivity contribution < 1.29 is 4.79 Å². The topological polar surface area (TPSA) is 41.1 Å². The summed E-state index contributed by atoms with van der Waals surface area (Å²) in [6.45, 7) is 8.40. The molecule has 0 fully saturated rings. The largest absolute Gasteiger partial charge is 0.356 e. The molecule has 0 unspecified atom stereocenters. The zero-order valence-corrected chi connectivity index (χ0v) is 11.0. The molecule has 0 aliphatic heterocycles. The van der Waals surface area contributed by atoms with Crippen molar-refractivity contribution in [2.75, 3.05) is 13.1 Å². The second kappa shape index (κ2) is 7.07. The van der Waals surface area contributed by atoms with Crippen LogP contribution in [-0.4, -0.2) is 19.0 Å². The van der Waals surface area contributed by atoms with Crippen LogP contribution in [0.3, 0.4) is 0 Å². The van der Waals surface area contributed by atoms with Gasteiger partial charge in [0.25, 0.3) is 0 Å². The molecule has 2 N–H and O–H groups in total. The molecule has 0 atom stereocenters. The molecule has 3 heteroatoms. The molecule has 1 aromatic carbocycles. The number of carbonyl (C=O) groups is 1. The Balaban J connectivity index is 2.29. The molecule has 1 amide bonds. The highest BCUT2D eigenvalue weighted by Gasteiger charge is 2.00. The predicted molar refractivity (Wildman–Crippen MR) is 70.9 cm³/mol. The minimum Gasteiger partial charge on any atom is -0.356 e. The molecule has 0 spiro atoms. The molecule has 0 radical (unpaired) electrons. The SMILES string of the molecule is CCNC(=O)CCNCc1ccc(C)cc1C. The van der Waals surface area contributed by atoms with Gasteiger partial charge in [0.05, 0.1) is 0 Å². The average Bonchev–Trinajstić information content (AvgIpc) is 2.27. The molecule has 1 aromatic rings. The summed E-state index contributed by atoms with van der Waals surface area (Å²) in [7, 11) is 0. The van der Waals surface area contributed by atoms with Gasteiger partial charge >= 0.3 is 0 Å². The number of carbonyl (C=O) groups excluding carboxylic acids is 1. The number of amides is 1. The van der Waals surface area contributed by atoms with Crippen molar-refractivity contribution in [1.82, 2.24) is 10.6 Å². The van der Waals surface area contributed by atoms with E-state index >= 15 is 0 Å². The zero-order chi connectivity index (χ0) is 12.7. The monoisotopic (exact) mass is 234 g/mol. The Bertz CT molecular complexity index is 374. The molecule has 0 aliphatic carbocycles. The van der Waals surface area contributed by atoms with Gasteiger partial charge in [-0.05, 0) is 31.9 Å². The Morgan fingerprint density at radius 2 is 2.06 bits per heavy atom. The van der Waals surface area contributed by atoms with Crippen LogP contribution in [0.5, 0.6) is 0 Å². The summed E-state index contributed by atoms with van der Waals surface area (Å²) in [6, 6.07) is 6.44. The Labute approximate surface area is 104 Å². The number of nitrogens with one attached hydrogen (secondary N) is 2. The fourth-order valence-electron chi connectivity index (χ4n) is 1.75. The van der Waals surface area contributed by atoms with E-state index in [0.29, 0.717) is 13.0 Å². The van der Waals surface area contributed by atoms with E-state index in [2.05, 4.69) is 42.7 Å². The fraction of sp³-hybridized carbons (Fsp3) is 0.500. The van der Waals surface area contributed by atoms with Crippen molar-refractivity contribution in [3.8, 4) is 0 Å². The van der Waals surface area contributed by atoms with Crippen molar-refractivity contribution in [3.05, 3.63) is 34.9 Å². The van der Waals surface area contributed by atoms with Crippen LogP contribution in [0.25, 0.3) is 0 Å². The summed E-state index contributed by atoms with van der Waals surface area (Å²) in [4.78, 5) is 11.2. The Morgan fingerprint density at radius 3 is 2.71 bits per heavy atom. The van der Waals surface area contributed by atoms with E-state index in [-0.39, 0.29) is 5.91 Å². The molecule has 94 valence electrons. The van der Waals surface area contributed by atoms with Crippen LogP contribution in [0.15, 0.2) is 18.2 Å². The lowest BCUT2D eigenvalue weighted by molar-refractivity contribution is -0.120. The van der Waals surface area contributed by atoms with E-state index in [1.165, 1.54) is 16.7 Å². The standard InChI is InChI=1S/C14H22N2O/c1-4-16-14(17)7-8-15-10-13-6-5-11(2)9-12(13)3/h5-6,9,15H,4,7-8,10H2,1-3H3,(H,16,17). The molecule has 0 bridgehead atoms. The third-order valence-corrected chi connectivity index (χ3v) is 2.72. The van der Waals surface area contributed by atoms with Gasteiger partial charge in [-0.25, -0.2) is 0 Å². The van der Waals surface area contributed by atoms with Gasteiger partial charge in [0, 0.05) is 26.1 Å². The molecule has 0 saturated carbocycles. The summed E-state index contributed by atoms with van der Waals surface area (Å²) in [5, 5.41) is 6.07. The van der Waals surface area contributed by atoms with E-state index < -0.39 is 0 Å². The van der Waals surface area contributed by atoms with E-state index in [0.717, 1.165) is 13.1 Å². The maximum Gasteiger partial charge on any atom is 0.221 e. The first-order valence-corrected chi connectivity index (χ1v) is 6.17. The summed E-state index contributed by atoms with van der Waals surface area (Å²) in [5.74, 6) is 0.112. The van der Waals surface area contributed by atoms with Gasteiger partial charge in [-0.1, -0.05) is 23.8 Å². The molecule has 1 rings (SSSR count). The first-order chi connectivity index (χ1) is 8.13. The van der Waals surface area contributed by atoms with Crippen LogP contribution in [0.4, 0.5) is 0 Å². The van der Waals surface area contributed by atoms with Crippen molar-refractivity contribution in [3.63, 3.8) is 0 Å². The van der Waals surface area contributed by atoms with Crippen LogP contribution in [0.2, 0.25) is 0 Å². The number of benzene rings is 1. The Hall–Kier alpha value is -1.35. The minimum absolute atomic E-state index is 0.112. The van der Waals surface area contributed by atoms with Gasteiger partial charge in [-0.2, -0.15) is 0 Å². The van der Waals surface area contributed by atoms with E-state index in [4.69, 9.17) is 0 Å². The summed E-state index contributed by atoms with van der Waals surface area (Å²) < 4.78 is 0. The van der Waals surface area contributed by atoms with Crippen molar-refractivity contribution >= 4 is 5.91 Å². The number of hydrogen-bond acceptors (Lipinski definition) is 2. The Kier molecular flexibility index (Phi) is 5.70. The minimum atomic E-state index is 0.112. The van der Waals surface area contributed by atoms with Crippen LogP contribution < -0.4 is 10.6 Å². The van der Waals surface area contributed by atoms with Crippen LogP contribution in [0, 0.1) is 13.8 Å². The lowest BCUT2D eigenvalue weighted by Gasteiger charge is -2.08. The van der Waals surface area contributed by atoms with Crippen molar-refractivity contribution in [1.29, 1.82) is 0 Å². The third-order valence-electron chi connectivity index (χ3n) is 2.72. The average molecular weight is 234 g/mol. The second-order valence-electron chi connectivity index (χ2n) is 4.31. The van der Waals surface area contributed by atoms with Crippen molar-refractivity contribution in [2.24, 2.45) is 0 Å². The lowest BCUT2D eigenvalue weighted by atomic mass is 10.1. The number of rotatable bonds is 6. The number of hydrogen-bond donors (Lipinski definition) is 2. The maximum atomic E-state index is 11.2. The quantitative estimate of drug-likeness (QED) is 0.738. The van der Waals surface area contributed by atoms with Gasteiger partial charge in [0.15, 0.2) is 0 Å². The summed E-state index contributed by atoms with van der Waals surface area (Å²) >= 11 is 0. The molecule has 17 heavy (non-hydrogen) atoms. The van der Waals surface area contributed by atoms with Crippen molar-refractivity contribution in [2.45, 2.75) is 33.7 Å². The second-order valence-corrected chi connectivity index (χ2v) is 4.31. The summed E-state index contributed by atoms with van der Waals surface area (Å²) in [6.07, 6.45) is 0.540. The van der Waals surface area contributed by atoms with E-state index in [9.17, 15) is 4.79 Å². The lowest BCUT2D eigenvalue weighted by Crippen LogP contribution is -2.27. The molecular formula is C14H22N2O. The zero-order valence-electron chi connectivity index (χ0n) is 11.0. The molecular weight excluding hydrogens is 212 g/mol. The molecule has 0 aromatic heterocycles. The van der Waals surface area contributed by atoms with Gasteiger partial charge in [-0.3, -0.25) is 4.79 Å². The molecule has 0 aliphatic rings. The Morgan fingerprint density at radius 1 is 1.29 bits per heavy atom. The number of aryl methyl sites for hydroxylation is 2. The first kappa shape index (κ1) is 13.7. The van der Waals surface area contributed by atoms with Gasteiger partial charge in [0.1, 0.15) is 0 Å². The highest BCUT2D eigenvalue weighted by Crippen LogP contribution is 2.09. The molecule has 0 saturated heterocycles. The molecule has 0 heterocycles. The maximum absolute atomic E-state index is 11.2. The first-order valence-electron chi connectivity index (χ1n) is 6.17. The predicted octanol–water partition coefficient (Wildman–Crippen LogP) is 1.92. The third kappa shape index (κ3) is 5.00. The van der Waals surface area contributed by atoms with E-state index in [1.54, 1.807) is 0 Å².